The zero-order valence-electron chi connectivity index (χ0n) is 9.92. The van der Waals surface area contributed by atoms with E-state index in [1.807, 2.05) is 6.07 Å². The summed E-state index contributed by atoms with van der Waals surface area (Å²) in [5.74, 6) is -0.245. The van der Waals surface area contributed by atoms with Gasteiger partial charge in [0, 0.05) is 18.0 Å². The Morgan fingerprint density at radius 2 is 2.44 bits per heavy atom. The van der Waals surface area contributed by atoms with Crippen molar-refractivity contribution in [2.45, 2.75) is 20.0 Å². The van der Waals surface area contributed by atoms with Gasteiger partial charge >= 0.3 is 0 Å². The van der Waals surface area contributed by atoms with Gasteiger partial charge in [0.25, 0.3) is 0 Å². The molecule has 1 N–H and O–H groups in total. The third kappa shape index (κ3) is 3.39. The molecule has 2 rings (SSSR count). The van der Waals surface area contributed by atoms with E-state index in [9.17, 15) is 4.79 Å². The van der Waals surface area contributed by atoms with E-state index >= 15 is 0 Å². The summed E-state index contributed by atoms with van der Waals surface area (Å²) < 4.78 is 4.74. The van der Waals surface area contributed by atoms with Gasteiger partial charge < -0.3 is 4.52 Å². The number of nitrogens with one attached hydrogen (secondary N) is 1. The number of amides is 1. The van der Waals surface area contributed by atoms with Crippen LogP contribution in [0.1, 0.15) is 16.8 Å². The van der Waals surface area contributed by atoms with Crippen molar-refractivity contribution >= 4 is 5.91 Å². The SMILES string of the molecule is Cc1nocc1CC(=O)NOCc1cccnc1. The van der Waals surface area contributed by atoms with Gasteiger partial charge in [-0.2, -0.15) is 0 Å². The minimum atomic E-state index is -0.245. The number of carbonyl (C=O) groups is 1. The number of aromatic nitrogens is 2. The first-order valence-corrected chi connectivity index (χ1v) is 5.45. The van der Waals surface area contributed by atoms with Gasteiger partial charge in [0.1, 0.15) is 12.9 Å². The van der Waals surface area contributed by atoms with Crippen LogP contribution in [-0.2, 0) is 22.7 Å². The smallest absolute Gasteiger partial charge is 0.248 e. The van der Waals surface area contributed by atoms with E-state index in [4.69, 9.17) is 9.36 Å². The minimum Gasteiger partial charge on any atom is -0.364 e. The molecule has 0 radical (unpaired) electrons. The minimum absolute atomic E-state index is 0.183. The summed E-state index contributed by atoms with van der Waals surface area (Å²) in [5, 5.41) is 3.69. The second-order valence-corrected chi connectivity index (χ2v) is 3.78. The molecule has 0 saturated heterocycles. The highest BCUT2D eigenvalue weighted by atomic mass is 16.6. The molecule has 0 fully saturated rings. The van der Waals surface area contributed by atoms with E-state index < -0.39 is 0 Å². The molecule has 0 aliphatic rings. The van der Waals surface area contributed by atoms with E-state index in [0.29, 0.717) is 5.69 Å². The number of rotatable bonds is 5. The van der Waals surface area contributed by atoms with E-state index in [1.54, 1.807) is 25.4 Å². The highest BCUT2D eigenvalue weighted by Crippen LogP contribution is 2.05. The van der Waals surface area contributed by atoms with Crippen molar-refractivity contribution in [2.75, 3.05) is 0 Å². The molecule has 0 aromatic carbocycles. The van der Waals surface area contributed by atoms with Gasteiger partial charge in [-0.1, -0.05) is 11.2 Å². The lowest BCUT2D eigenvalue weighted by molar-refractivity contribution is -0.133. The Bertz CT molecular complexity index is 510. The fraction of sp³-hybridized carbons (Fsp3) is 0.250. The average Bonchev–Trinajstić information content (AvgIpc) is 2.76. The van der Waals surface area contributed by atoms with Gasteiger partial charge in [-0.3, -0.25) is 14.6 Å². The molecule has 0 atom stereocenters. The fourth-order valence-corrected chi connectivity index (χ4v) is 1.37. The van der Waals surface area contributed by atoms with Crippen molar-refractivity contribution in [3.05, 3.63) is 47.6 Å². The summed E-state index contributed by atoms with van der Waals surface area (Å²) in [7, 11) is 0. The highest BCUT2D eigenvalue weighted by molar-refractivity contribution is 5.77. The zero-order valence-corrected chi connectivity index (χ0v) is 9.92. The predicted octanol–water partition coefficient (Wildman–Crippen LogP) is 1.17. The zero-order chi connectivity index (χ0) is 12.8. The lowest BCUT2D eigenvalue weighted by Crippen LogP contribution is -2.25. The molecule has 6 heteroatoms. The monoisotopic (exact) mass is 247 g/mol. The molecule has 2 heterocycles. The van der Waals surface area contributed by atoms with Gasteiger partial charge in [0.2, 0.25) is 5.91 Å². The normalized spacial score (nSPS) is 10.3. The molecule has 0 saturated carbocycles. The van der Waals surface area contributed by atoms with E-state index in [-0.39, 0.29) is 18.9 Å². The molecule has 0 aliphatic carbocycles. The van der Waals surface area contributed by atoms with Crippen molar-refractivity contribution < 1.29 is 14.2 Å². The van der Waals surface area contributed by atoms with Gasteiger partial charge in [-0.05, 0) is 18.6 Å². The number of hydroxylamine groups is 1. The molecule has 0 bridgehead atoms. The molecule has 2 aromatic heterocycles. The van der Waals surface area contributed by atoms with Crippen molar-refractivity contribution in [1.82, 2.24) is 15.6 Å². The summed E-state index contributed by atoms with van der Waals surface area (Å²) in [6.45, 7) is 2.06. The Kier molecular flexibility index (Phi) is 4.03. The number of nitrogens with zero attached hydrogens (tertiary/aromatic N) is 2. The van der Waals surface area contributed by atoms with Crippen LogP contribution in [0.3, 0.4) is 0 Å². The Labute approximate surface area is 104 Å². The fourth-order valence-electron chi connectivity index (χ4n) is 1.37. The lowest BCUT2D eigenvalue weighted by Gasteiger charge is -2.04. The van der Waals surface area contributed by atoms with Crippen LogP contribution in [0.5, 0.6) is 0 Å². The second kappa shape index (κ2) is 5.92. The summed E-state index contributed by atoms with van der Waals surface area (Å²) in [6, 6.07) is 3.67. The maximum absolute atomic E-state index is 11.5. The number of carbonyl (C=O) groups excluding carboxylic acids is 1. The molecule has 2 aromatic rings. The Morgan fingerprint density at radius 1 is 1.56 bits per heavy atom. The first-order chi connectivity index (χ1) is 8.75. The van der Waals surface area contributed by atoms with Crippen LogP contribution >= 0.6 is 0 Å². The lowest BCUT2D eigenvalue weighted by atomic mass is 10.2. The molecular formula is C12H13N3O3. The highest BCUT2D eigenvalue weighted by Gasteiger charge is 2.08. The molecule has 18 heavy (non-hydrogen) atoms. The topological polar surface area (TPSA) is 77.2 Å². The number of hydrogen-bond donors (Lipinski definition) is 1. The van der Waals surface area contributed by atoms with Gasteiger partial charge in [0.05, 0.1) is 12.1 Å². The quantitative estimate of drug-likeness (QED) is 0.802. The maximum atomic E-state index is 11.5. The summed E-state index contributed by atoms with van der Waals surface area (Å²) >= 11 is 0. The van der Waals surface area contributed by atoms with Crippen LogP contribution in [0.15, 0.2) is 35.3 Å². The van der Waals surface area contributed by atoms with Crippen LogP contribution in [0, 0.1) is 6.92 Å². The molecule has 0 aliphatic heterocycles. The first-order valence-electron chi connectivity index (χ1n) is 5.45. The third-order valence-corrected chi connectivity index (χ3v) is 2.35. The standard InChI is InChI=1S/C12H13N3O3/c1-9-11(8-18-14-9)5-12(16)15-17-7-10-3-2-4-13-6-10/h2-4,6,8H,5,7H2,1H3,(H,15,16). The van der Waals surface area contributed by atoms with Crippen molar-refractivity contribution in [1.29, 1.82) is 0 Å². The average molecular weight is 247 g/mol. The van der Waals surface area contributed by atoms with Gasteiger partial charge in [0.15, 0.2) is 0 Å². The first kappa shape index (κ1) is 12.3. The summed E-state index contributed by atoms with van der Waals surface area (Å²) in [4.78, 5) is 20.6. The summed E-state index contributed by atoms with van der Waals surface area (Å²) in [6.07, 6.45) is 4.99. The van der Waals surface area contributed by atoms with Crippen LogP contribution < -0.4 is 5.48 Å². The molecule has 0 unspecified atom stereocenters. The maximum Gasteiger partial charge on any atom is 0.248 e. The summed E-state index contributed by atoms with van der Waals surface area (Å²) in [5.41, 5.74) is 4.70. The van der Waals surface area contributed by atoms with E-state index in [2.05, 4.69) is 15.6 Å². The van der Waals surface area contributed by atoms with Crippen LogP contribution in [0.4, 0.5) is 0 Å². The molecule has 6 nitrogen and oxygen atoms in total. The Hall–Kier alpha value is -2.21. The molecule has 1 amide bonds. The molecule has 0 spiro atoms. The number of aryl methyl sites for hydroxylation is 1. The van der Waals surface area contributed by atoms with E-state index in [0.717, 1.165) is 11.1 Å². The Morgan fingerprint density at radius 3 is 3.11 bits per heavy atom. The molecular weight excluding hydrogens is 234 g/mol. The van der Waals surface area contributed by atoms with Gasteiger partial charge in [-0.25, -0.2) is 5.48 Å². The molecule has 94 valence electrons. The number of pyridine rings is 1. The van der Waals surface area contributed by atoms with E-state index in [1.165, 1.54) is 6.26 Å². The predicted molar refractivity (Wildman–Crippen MR) is 62.1 cm³/mol. The van der Waals surface area contributed by atoms with Crippen molar-refractivity contribution in [3.63, 3.8) is 0 Å². The van der Waals surface area contributed by atoms with Crippen molar-refractivity contribution in [3.8, 4) is 0 Å². The van der Waals surface area contributed by atoms with Gasteiger partial charge in [-0.15, -0.1) is 0 Å². The van der Waals surface area contributed by atoms with Crippen LogP contribution in [0.25, 0.3) is 0 Å². The second-order valence-electron chi connectivity index (χ2n) is 3.78. The largest absolute Gasteiger partial charge is 0.364 e. The van der Waals surface area contributed by atoms with Crippen LogP contribution in [-0.4, -0.2) is 16.0 Å². The van der Waals surface area contributed by atoms with Crippen molar-refractivity contribution in [2.24, 2.45) is 0 Å². The third-order valence-electron chi connectivity index (χ3n) is 2.35. The Balaban J connectivity index is 1.74. The number of hydrogen-bond acceptors (Lipinski definition) is 5. The van der Waals surface area contributed by atoms with Crippen LogP contribution in [0.2, 0.25) is 0 Å².